The van der Waals surface area contributed by atoms with Crippen molar-refractivity contribution in [2.24, 2.45) is 0 Å². The molecule has 1 aliphatic carbocycles. The summed E-state index contributed by atoms with van der Waals surface area (Å²) in [4.78, 5) is 15.3. The maximum Gasteiger partial charge on any atom is 0.318 e. The number of hydrogen-bond acceptors (Lipinski definition) is 5. The highest BCUT2D eigenvalue weighted by atomic mass is 35.5. The van der Waals surface area contributed by atoms with Gasteiger partial charge in [0.05, 0.1) is 35.3 Å². The van der Waals surface area contributed by atoms with Crippen LogP contribution in [0.5, 0.6) is 0 Å². The van der Waals surface area contributed by atoms with Crippen LogP contribution in [0.3, 0.4) is 0 Å². The molecule has 0 amide bonds. The number of nitrogens with zero attached hydrogens (tertiary/aromatic N) is 1. The molecule has 5 nitrogen and oxygen atoms in total. The van der Waals surface area contributed by atoms with Gasteiger partial charge in [-0.1, -0.05) is 48.5 Å². The Hall–Kier alpha value is -0.850. The van der Waals surface area contributed by atoms with Crippen LogP contribution >= 0.6 is 23.2 Å². The second kappa shape index (κ2) is 10.1. The number of benzene rings is 1. The quantitative estimate of drug-likeness (QED) is 0.381. The van der Waals surface area contributed by atoms with Crippen molar-refractivity contribution in [1.82, 2.24) is 4.90 Å². The molecule has 0 radical (unpaired) electrons. The van der Waals surface area contributed by atoms with Crippen molar-refractivity contribution in [3.05, 3.63) is 33.8 Å². The SMILES string of the molecule is O=C(OCOCCN1CCOCC1)C1(c2ccc(Cl)c(Cl)c2)CCCCC1. The summed E-state index contributed by atoms with van der Waals surface area (Å²) < 4.78 is 16.4. The summed E-state index contributed by atoms with van der Waals surface area (Å²) in [6, 6.07) is 5.44. The monoisotopic (exact) mass is 415 g/mol. The Bertz CT molecular complexity index is 628. The fourth-order valence-electron chi connectivity index (χ4n) is 3.87. The molecule has 1 aromatic rings. The Labute approximate surface area is 170 Å². The number of rotatable bonds is 7. The van der Waals surface area contributed by atoms with Gasteiger partial charge < -0.3 is 14.2 Å². The van der Waals surface area contributed by atoms with Gasteiger partial charge in [0.25, 0.3) is 0 Å². The lowest BCUT2D eigenvalue weighted by Gasteiger charge is -2.35. The van der Waals surface area contributed by atoms with Crippen molar-refractivity contribution in [3.8, 4) is 0 Å². The van der Waals surface area contributed by atoms with Crippen LogP contribution in [0.4, 0.5) is 0 Å². The fourth-order valence-corrected chi connectivity index (χ4v) is 4.17. The summed E-state index contributed by atoms with van der Waals surface area (Å²) >= 11 is 12.2. The smallest absolute Gasteiger partial charge is 0.318 e. The van der Waals surface area contributed by atoms with E-state index in [1.165, 1.54) is 0 Å². The molecular weight excluding hydrogens is 389 g/mol. The third-order valence-corrected chi connectivity index (χ3v) is 6.24. The van der Waals surface area contributed by atoms with Gasteiger partial charge >= 0.3 is 5.97 Å². The Balaban J connectivity index is 1.54. The molecule has 7 heteroatoms. The average Bonchev–Trinajstić information content (AvgIpc) is 2.71. The van der Waals surface area contributed by atoms with E-state index in [2.05, 4.69) is 4.90 Å². The lowest BCUT2D eigenvalue weighted by Crippen LogP contribution is -2.40. The standard InChI is InChI=1S/C20H27Cl2NO4/c21-17-5-4-16(14-18(17)22)20(6-2-1-3-7-20)19(24)27-15-26-13-10-23-8-11-25-12-9-23/h4-5,14H,1-3,6-13,15H2. The van der Waals surface area contributed by atoms with Crippen molar-refractivity contribution in [2.45, 2.75) is 37.5 Å². The molecule has 3 rings (SSSR count). The number of halogens is 2. The minimum Gasteiger partial charge on any atom is -0.438 e. The number of carbonyl (C=O) groups is 1. The lowest BCUT2D eigenvalue weighted by molar-refractivity contribution is -0.165. The van der Waals surface area contributed by atoms with Gasteiger partial charge in [0.1, 0.15) is 0 Å². The van der Waals surface area contributed by atoms with Gasteiger partial charge in [0, 0.05) is 19.6 Å². The van der Waals surface area contributed by atoms with Gasteiger partial charge in [-0.05, 0) is 30.5 Å². The Morgan fingerprint density at radius 2 is 1.85 bits per heavy atom. The van der Waals surface area contributed by atoms with E-state index < -0.39 is 5.41 Å². The largest absolute Gasteiger partial charge is 0.438 e. The Morgan fingerprint density at radius 1 is 1.11 bits per heavy atom. The van der Waals surface area contributed by atoms with E-state index in [4.69, 9.17) is 37.4 Å². The molecule has 2 fully saturated rings. The first-order valence-corrected chi connectivity index (χ1v) is 10.4. The predicted molar refractivity (Wildman–Crippen MR) is 105 cm³/mol. The highest BCUT2D eigenvalue weighted by Gasteiger charge is 2.43. The minimum atomic E-state index is -0.653. The molecule has 1 saturated heterocycles. The molecule has 0 N–H and O–H groups in total. The number of carbonyl (C=O) groups excluding carboxylic acids is 1. The summed E-state index contributed by atoms with van der Waals surface area (Å²) in [7, 11) is 0. The van der Waals surface area contributed by atoms with Crippen LogP contribution in [0.2, 0.25) is 10.0 Å². The molecule has 1 heterocycles. The predicted octanol–water partition coefficient (Wildman–Crippen LogP) is 4.04. The van der Waals surface area contributed by atoms with Gasteiger partial charge in [-0.15, -0.1) is 0 Å². The van der Waals surface area contributed by atoms with Crippen LogP contribution in [0.1, 0.15) is 37.7 Å². The molecule has 1 saturated carbocycles. The van der Waals surface area contributed by atoms with Crippen LogP contribution in [-0.2, 0) is 24.4 Å². The number of morpholine rings is 1. The molecule has 0 unspecified atom stereocenters. The highest BCUT2D eigenvalue weighted by Crippen LogP contribution is 2.42. The molecular formula is C20H27Cl2NO4. The Kier molecular flexibility index (Phi) is 7.79. The number of ether oxygens (including phenoxy) is 3. The number of hydrogen-bond donors (Lipinski definition) is 0. The summed E-state index contributed by atoms with van der Waals surface area (Å²) in [5, 5.41) is 0.958. The van der Waals surface area contributed by atoms with Crippen LogP contribution < -0.4 is 0 Å². The normalized spacial score (nSPS) is 20.4. The molecule has 27 heavy (non-hydrogen) atoms. The van der Waals surface area contributed by atoms with E-state index in [1.54, 1.807) is 12.1 Å². The molecule has 1 aliphatic heterocycles. The van der Waals surface area contributed by atoms with Crippen molar-refractivity contribution in [3.63, 3.8) is 0 Å². The third-order valence-electron chi connectivity index (χ3n) is 5.50. The van der Waals surface area contributed by atoms with Crippen molar-refractivity contribution in [1.29, 1.82) is 0 Å². The molecule has 150 valence electrons. The zero-order valence-corrected chi connectivity index (χ0v) is 17.1. The van der Waals surface area contributed by atoms with E-state index >= 15 is 0 Å². The highest BCUT2D eigenvalue weighted by molar-refractivity contribution is 6.42. The van der Waals surface area contributed by atoms with E-state index in [-0.39, 0.29) is 12.8 Å². The molecule has 0 spiro atoms. The van der Waals surface area contributed by atoms with E-state index in [1.807, 2.05) is 6.07 Å². The summed E-state index contributed by atoms with van der Waals surface area (Å²) in [6.07, 6.45) is 4.64. The summed E-state index contributed by atoms with van der Waals surface area (Å²) in [5.41, 5.74) is 0.231. The minimum absolute atomic E-state index is 0.0216. The topological polar surface area (TPSA) is 48.0 Å². The van der Waals surface area contributed by atoms with Gasteiger partial charge in [-0.2, -0.15) is 0 Å². The first kappa shape index (κ1) is 20.9. The zero-order chi connectivity index (χ0) is 19.1. The van der Waals surface area contributed by atoms with Crippen LogP contribution in [-0.4, -0.2) is 57.1 Å². The van der Waals surface area contributed by atoms with Gasteiger partial charge in [-0.25, -0.2) is 0 Å². The maximum atomic E-state index is 13.0. The fraction of sp³-hybridized carbons (Fsp3) is 0.650. The second-order valence-electron chi connectivity index (χ2n) is 7.18. The summed E-state index contributed by atoms with van der Waals surface area (Å²) in [6.45, 7) is 4.70. The van der Waals surface area contributed by atoms with E-state index in [0.29, 0.717) is 16.7 Å². The average molecular weight is 416 g/mol. The number of esters is 1. The first-order chi connectivity index (χ1) is 13.1. The molecule has 2 aliphatic rings. The van der Waals surface area contributed by atoms with Crippen LogP contribution in [0.15, 0.2) is 18.2 Å². The third kappa shape index (κ3) is 5.36. The zero-order valence-electron chi connectivity index (χ0n) is 15.6. The van der Waals surface area contributed by atoms with Gasteiger partial charge in [0.15, 0.2) is 6.79 Å². The van der Waals surface area contributed by atoms with Crippen LogP contribution in [0, 0.1) is 0 Å². The molecule has 0 bridgehead atoms. The van der Waals surface area contributed by atoms with Crippen molar-refractivity contribution >= 4 is 29.2 Å². The molecule has 0 aromatic heterocycles. The summed E-state index contributed by atoms with van der Waals surface area (Å²) in [5.74, 6) is -0.230. The maximum absolute atomic E-state index is 13.0. The van der Waals surface area contributed by atoms with Crippen molar-refractivity contribution in [2.75, 3.05) is 46.2 Å². The van der Waals surface area contributed by atoms with Crippen molar-refractivity contribution < 1.29 is 19.0 Å². The lowest BCUT2D eigenvalue weighted by atomic mass is 9.69. The van der Waals surface area contributed by atoms with Gasteiger partial charge in [-0.3, -0.25) is 9.69 Å². The van der Waals surface area contributed by atoms with E-state index in [0.717, 1.165) is 70.5 Å². The van der Waals surface area contributed by atoms with E-state index in [9.17, 15) is 4.79 Å². The molecule has 1 aromatic carbocycles. The Morgan fingerprint density at radius 3 is 2.56 bits per heavy atom. The van der Waals surface area contributed by atoms with Gasteiger partial charge in [0.2, 0.25) is 0 Å². The molecule has 0 atom stereocenters. The second-order valence-corrected chi connectivity index (χ2v) is 8.00. The first-order valence-electron chi connectivity index (χ1n) is 9.62. The van der Waals surface area contributed by atoms with Crippen LogP contribution in [0.25, 0.3) is 0 Å².